The molecule has 0 fully saturated rings. The number of rotatable bonds is 5. The molecule has 7 heteroatoms. The van der Waals surface area contributed by atoms with Crippen LogP contribution in [0.5, 0.6) is 0 Å². The Hall–Kier alpha value is -1.76. The van der Waals surface area contributed by atoms with Crippen LogP contribution in [0.1, 0.15) is 22.8 Å². The number of esters is 1. The number of hydrogen-bond donors (Lipinski definition) is 0. The van der Waals surface area contributed by atoms with E-state index in [1.54, 1.807) is 6.92 Å². The number of aldehydes is 1. The minimum absolute atomic E-state index is 0.156. The molecule has 0 bridgehead atoms. The van der Waals surface area contributed by atoms with Gasteiger partial charge in [-0.2, -0.15) is 0 Å². The van der Waals surface area contributed by atoms with E-state index in [2.05, 4.69) is 15.9 Å². The quantitative estimate of drug-likeness (QED) is 0.360. The number of carbonyl (C=O) groups is 2. The van der Waals surface area contributed by atoms with Crippen molar-refractivity contribution in [1.29, 1.82) is 0 Å². The van der Waals surface area contributed by atoms with Crippen molar-refractivity contribution >= 4 is 33.9 Å². The Morgan fingerprint density at radius 2 is 2.22 bits per heavy atom. The standard InChI is InChI=1S/C11H10BrNO5/c1-2-18-11(15)4-7-3-8(6-14)9(12)5-10(7)13(16)17/h3,5-6H,2,4H2,1H3. The maximum atomic E-state index is 11.3. The SMILES string of the molecule is CCOC(=O)Cc1cc(C=O)c(Br)cc1[N+](=O)[O-]. The van der Waals surface area contributed by atoms with Crippen LogP contribution in [0.25, 0.3) is 0 Å². The lowest BCUT2D eigenvalue weighted by molar-refractivity contribution is -0.385. The van der Waals surface area contributed by atoms with Crippen molar-refractivity contribution in [2.75, 3.05) is 6.61 Å². The Morgan fingerprint density at radius 1 is 1.56 bits per heavy atom. The van der Waals surface area contributed by atoms with Gasteiger partial charge in [0.05, 0.1) is 18.0 Å². The molecule has 1 rings (SSSR count). The lowest BCUT2D eigenvalue weighted by Crippen LogP contribution is -2.09. The maximum Gasteiger partial charge on any atom is 0.310 e. The highest BCUT2D eigenvalue weighted by atomic mass is 79.9. The molecular weight excluding hydrogens is 306 g/mol. The summed E-state index contributed by atoms with van der Waals surface area (Å²) in [6.07, 6.45) is 0.320. The molecule has 0 atom stereocenters. The molecule has 0 aliphatic carbocycles. The molecular formula is C11H10BrNO5. The number of halogens is 1. The van der Waals surface area contributed by atoms with Crippen LogP contribution in [0, 0.1) is 10.1 Å². The second-order valence-electron chi connectivity index (χ2n) is 3.36. The molecule has 0 N–H and O–H groups in total. The summed E-state index contributed by atoms with van der Waals surface area (Å²) in [7, 11) is 0. The number of carbonyl (C=O) groups excluding carboxylic acids is 2. The molecule has 1 aromatic rings. The fraction of sp³-hybridized carbons (Fsp3) is 0.273. The molecule has 6 nitrogen and oxygen atoms in total. The number of hydrogen-bond acceptors (Lipinski definition) is 5. The number of nitro groups is 1. The number of nitrogens with zero attached hydrogens (tertiary/aromatic N) is 1. The lowest BCUT2D eigenvalue weighted by atomic mass is 10.1. The second kappa shape index (κ2) is 6.25. The van der Waals surface area contributed by atoms with Gasteiger partial charge in [0.25, 0.3) is 5.69 Å². The lowest BCUT2D eigenvalue weighted by Gasteiger charge is -2.05. The van der Waals surface area contributed by atoms with Crippen LogP contribution in [-0.4, -0.2) is 23.8 Å². The molecule has 0 saturated heterocycles. The van der Waals surface area contributed by atoms with E-state index in [9.17, 15) is 19.7 Å². The average Bonchev–Trinajstić information content (AvgIpc) is 2.30. The third-order valence-electron chi connectivity index (χ3n) is 2.16. The van der Waals surface area contributed by atoms with Crippen molar-refractivity contribution < 1.29 is 19.2 Å². The summed E-state index contributed by atoms with van der Waals surface area (Å²) in [5, 5.41) is 10.9. The Labute approximate surface area is 111 Å². The summed E-state index contributed by atoms with van der Waals surface area (Å²) in [6.45, 7) is 1.84. The van der Waals surface area contributed by atoms with Gasteiger partial charge in [-0.05, 0) is 28.9 Å². The molecule has 0 radical (unpaired) electrons. The molecule has 1 aromatic carbocycles. The number of nitro benzene ring substituents is 1. The molecule has 0 aromatic heterocycles. The second-order valence-corrected chi connectivity index (χ2v) is 4.21. The van der Waals surface area contributed by atoms with Crippen LogP contribution in [0.15, 0.2) is 16.6 Å². The molecule has 0 amide bonds. The van der Waals surface area contributed by atoms with E-state index in [4.69, 9.17) is 4.74 Å². The first-order chi connectivity index (χ1) is 8.49. The fourth-order valence-corrected chi connectivity index (χ4v) is 1.82. The number of ether oxygens (including phenoxy) is 1. The largest absolute Gasteiger partial charge is 0.466 e. The predicted molar refractivity (Wildman–Crippen MR) is 66.5 cm³/mol. The van der Waals surface area contributed by atoms with Gasteiger partial charge >= 0.3 is 5.97 Å². The minimum atomic E-state index is -0.603. The van der Waals surface area contributed by atoms with E-state index in [1.165, 1.54) is 12.1 Å². The van der Waals surface area contributed by atoms with Crippen molar-refractivity contribution in [3.63, 3.8) is 0 Å². The smallest absolute Gasteiger partial charge is 0.310 e. The van der Waals surface area contributed by atoms with Gasteiger partial charge in [-0.15, -0.1) is 0 Å². The molecule has 96 valence electrons. The first-order valence-corrected chi connectivity index (χ1v) is 5.86. The summed E-state index contributed by atoms with van der Waals surface area (Å²) in [4.78, 5) is 32.3. The van der Waals surface area contributed by atoms with E-state index in [1.807, 2.05) is 0 Å². The fourth-order valence-electron chi connectivity index (χ4n) is 1.40. The summed E-state index contributed by atoms with van der Waals surface area (Å²) >= 11 is 3.05. The van der Waals surface area contributed by atoms with Gasteiger partial charge in [0, 0.05) is 21.7 Å². The van der Waals surface area contributed by atoms with Gasteiger partial charge in [-0.1, -0.05) is 0 Å². The van der Waals surface area contributed by atoms with Crippen molar-refractivity contribution in [3.05, 3.63) is 37.8 Å². The van der Waals surface area contributed by atoms with Gasteiger partial charge < -0.3 is 4.74 Å². The third kappa shape index (κ3) is 3.36. The van der Waals surface area contributed by atoms with E-state index in [0.29, 0.717) is 10.8 Å². The summed E-state index contributed by atoms with van der Waals surface area (Å²) in [6, 6.07) is 2.52. The van der Waals surface area contributed by atoms with Crippen LogP contribution >= 0.6 is 15.9 Å². The zero-order valence-corrected chi connectivity index (χ0v) is 11.1. The van der Waals surface area contributed by atoms with E-state index < -0.39 is 10.9 Å². The Bertz CT molecular complexity index is 500. The van der Waals surface area contributed by atoms with Crippen LogP contribution in [0.4, 0.5) is 5.69 Å². The first-order valence-electron chi connectivity index (χ1n) is 5.07. The molecule has 0 heterocycles. The van der Waals surface area contributed by atoms with E-state index >= 15 is 0 Å². The van der Waals surface area contributed by atoms with Gasteiger partial charge in [0.1, 0.15) is 0 Å². The van der Waals surface area contributed by atoms with Crippen LogP contribution < -0.4 is 0 Å². The molecule has 0 unspecified atom stereocenters. The van der Waals surface area contributed by atoms with Crippen molar-refractivity contribution in [2.45, 2.75) is 13.3 Å². The number of benzene rings is 1. The van der Waals surface area contributed by atoms with E-state index in [0.717, 1.165) is 0 Å². The van der Waals surface area contributed by atoms with Crippen molar-refractivity contribution in [1.82, 2.24) is 0 Å². The first kappa shape index (κ1) is 14.3. The van der Waals surface area contributed by atoms with Gasteiger partial charge in [0.15, 0.2) is 6.29 Å². The minimum Gasteiger partial charge on any atom is -0.466 e. The topological polar surface area (TPSA) is 86.5 Å². The summed E-state index contributed by atoms with van der Waals surface area (Å²) < 4.78 is 5.04. The molecule has 0 spiro atoms. The maximum absolute atomic E-state index is 11.3. The van der Waals surface area contributed by atoms with Gasteiger partial charge in [-0.25, -0.2) is 0 Å². The Kier molecular flexibility index (Phi) is 4.96. The Morgan fingerprint density at radius 3 is 2.72 bits per heavy atom. The summed E-state index contributed by atoms with van der Waals surface area (Å²) in [5.74, 6) is -0.570. The van der Waals surface area contributed by atoms with Crippen LogP contribution in [0.3, 0.4) is 0 Å². The average molecular weight is 316 g/mol. The normalized spacial score (nSPS) is 9.89. The molecule has 0 aliphatic rings. The molecule has 18 heavy (non-hydrogen) atoms. The highest BCUT2D eigenvalue weighted by Gasteiger charge is 2.19. The highest BCUT2D eigenvalue weighted by molar-refractivity contribution is 9.10. The highest BCUT2D eigenvalue weighted by Crippen LogP contribution is 2.27. The van der Waals surface area contributed by atoms with Gasteiger partial charge in [0.2, 0.25) is 0 Å². The van der Waals surface area contributed by atoms with Crippen LogP contribution in [-0.2, 0) is 16.0 Å². The van der Waals surface area contributed by atoms with Gasteiger partial charge in [-0.3, -0.25) is 19.7 Å². The zero-order chi connectivity index (χ0) is 13.7. The van der Waals surface area contributed by atoms with Crippen molar-refractivity contribution in [2.24, 2.45) is 0 Å². The Balaban J connectivity index is 3.18. The van der Waals surface area contributed by atoms with Crippen molar-refractivity contribution in [3.8, 4) is 0 Å². The predicted octanol–water partition coefficient (Wildman–Crippen LogP) is 2.28. The van der Waals surface area contributed by atoms with Crippen LogP contribution in [0.2, 0.25) is 0 Å². The monoisotopic (exact) mass is 315 g/mol. The van der Waals surface area contributed by atoms with E-state index in [-0.39, 0.29) is 29.8 Å². The summed E-state index contributed by atoms with van der Waals surface area (Å²) in [5.41, 5.74) is 0.184. The molecule has 0 aliphatic heterocycles. The molecule has 0 saturated carbocycles. The third-order valence-corrected chi connectivity index (χ3v) is 2.85. The zero-order valence-electron chi connectivity index (χ0n) is 9.51.